The summed E-state index contributed by atoms with van der Waals surface area (Å²) in [4.78, 5) is 28.0. The highest BCUT2D eigenvalue weighted by Crippen LogP contribution is 2.27. The highest BCUT2D eigenvalue weighted by atomic mass is 16.5. The lowest BCUT2D eigenvalue weighted by Crippen LogP contribution is -2.41. The molecule has 1 amide bonds. The monoisotopic (exact) mass is 502 g/mol. The van der Waals surface area contributed by atoms with Crippen LogP contribution in [0.25, 0.3) is 11.1 Å². The molecule has 0 atom stereocenters. The van der Waals surface area contributed by atoms with Gasteiger partial charge in [-0.3, -0.25) is 14.5 Å². The van der Waals surface area contributed by atoms with Crippen LogP contribution in [-0.4, -0.2) is 69.8 Å². The summed E-state index contributed by atoms with van der Waals surface area (Å²) in [5.74, 6) is 0.363. The van der Waals surface area contributed by atoms with E-state index in [1.54, 1.807) is 25.3 Å². The molecule has 7 nitrogen and oxygen atoms in total. The Bertz CT molecular complexity index is 1160. The standard InChI is InChI=1S/C30H34N2O5/c1-35-16-5-17-37-29-13-12-26(21-27(29)31-30(34)22-32-14-18-36-19-15-32)28(33)20-23-8-10-25(11-9-23)24-6-3-2-4-7-24/h2-4,6-13,21H,5,14-20,22H2,1H3,(H,31,34). The van der Waals surface area contributed by atoms with Gasteiger partial charge in [-0.05, 0) is 34.9 Å². The van der Waals surface area contributed by atoms with Crippen molar-refractivity contribution in [3.8, 4) is 16.9 Å². The number of nitrogens with one attached hydrogen (secondary N) is 1. The normalized spacial score (nSPS) is 13.8. The van der Waals surface area contributed by atoms with E-state index in [2.05, 4.69) is 17.4 Å². The van der Waals surface area contributed by atoms with Crippen LogP contribution in [0.4, 0.5) is 5.69 Å². The molecule has 1 N–H and O–H groups in total. The van der Waals surface area contributed by atoms with Gasteiger partial charge in [0.2, 0.25) is 5.91 Å². The number of carbonyl (C=O) groups is 2. The minimum atomic E-state index is -0.148. The van der Waals surface area contributed by atoms with E-state index in [4.69, 9.17) is 14.2 Å². The minimum Gasteiger partial charge on any atom is -0.491 e. The fourth-order valence-corrected chi connectivity index (χ4v) is 4.20. The molecule has 37 heavy (non-hydrogen) atoms. The molecule has 1 heterocycles. The fraction of sp³-hybridized carbons (Fsp3) is 0.333. The summed E-state index contributed by atoms with van der Waals surface area (Å²) in [7, 11) is 1.65. The Balaban J connectivity index is 1.44. The summed E-state index contributed by atoms with van der Waals surface area (Å²) >= 11 is 0. The molecule has 4 rings (SSSR count). The number of hydrogen-bond acceptors (Lipinski definition) is 6. The molecule has 1 aliphatic rings. The number of carbonyl (C=O) groups excluding carboxylic acids is 2. The number of morpholine rings is 1. The maximum Gasteiger partial charge on any atom is 0.238 e. The number of ether oxygens (including phenoxy) is 3. The molecular formula is C30H34N2O5. The Hall–Kier alpha value is -3.52. The van der Waals surface area contributed by atoms with Crippen LogP contribution >= 0.6 is 0 Å². The van der Waals surface area contributed by atoms with Crippen molar-refractivity contribution in [2.45, 2.75) is 12.8 Å². The van der Waals surface area contributed by atoms with Gasteiger partial charge in [0.05, 0.1) is 32.1 Å². The summed E-state index contributed by atoms with van der Waals surface area (Å²) in [5.41, 5.74) is 4.21. The molecule has 0 spiro atoms. The Labute approximate surface area is 218 Å². The maximum absolute atomic E-state index is 13.1. The van der Waals surface area contributed by atoms with Gasteiger partial charge in [-0.15, -0.1) is 0 Å². The van der Waals surface area contributed by atoms with Crippen molar-refractivity contribution in [1.29, 1.82) is 0 Å². The number of benzene rings is 3. The molecule has 194 valence electrons. The highest BCUT2D eigenvalue weighted by molar-refractivity contribution is 6.00. The van der Waals surface area contributed by atoms with Crippen LogP contribution < -0.4 is 10.1 Å². The average Bonchev–Trinajstić information content (AvgIpc) is 2.93. The summed E-state index contributed by atoms with van der Waals surface area (Å²) < 4.78 is 16.3. The molecule has 0 saturated carbocycles. The minimum absolute atomic E-state index is 0.0259. The average molecular weight is 503 g/mol. The van der Waals surface area contributed by atoms with E-state index in [1.165, 1.54) is 0 Å². The van der Waals surface area contributed by atoms with Gasteiger partial charge in [0.25, 0.3) is 0 Å². The van der Waals surface area contributed by atoms with Gasteiger partial charge in [-0.25, -0.2) is 0 Å². The predicted octanol–water partition coefficient (Wildman–Crippen LogP) is 4.47. The maximum atomic E-state index is 13.1. The first-order chi connectivity index (χ1) is 18.1. The molecule has 0 aromatic heterocycles. The van der Waals surface area contributed by atoms with E-state index in [9.17, 15) is 9.59 Å². The molecule has 0 unspecified atom stereocenters. The predicted molar refractivity (Wildman–Crippen MR) is 144 cm³/mol. The van der Waals surface area contributed by atoms with E-state index in [0.29, 0.717) is 43.4 Å². The number of ketones is 1. The number of anilines is 1. The van der Waals surface area contributed by atoms with Crippen LogP contribution in [0.5, 0.6) is 5.75 Å². The van der Waals surface area contributed by atoms with E-state index in [-0.39, 0.29) is 24.7 Å². The van der Waals surface area contributed by atoms with E-state index in [0.717, 1.165) is 36.2 Å². The van der Waals surface area contributed by atoms with Crippen LogP contribution in [0.2, 0.25) is 0 Å². The lowest BCUT2D eigenvalue weighted by Gasteiger charge is -2.26. The van der Waals surface area contributed by atoms with Gasteiger partial charge in [-0.2, -0.15) is 0 Å². The summed E-state index contributed by atoms with van der Waals surface area (Å²) in [5, 5.41) is 2.95. The van der Waals surface area contributed by atoms with Gasteiger partial charge in [0, 0.05) is 45.2 Å². The summed E-state index contributed by atoms with van der Waals surface area (Å²) in [6, 6.07) is 23.4. The second kappa shape index (κ2) is 13.7. The Kier molecular flexibility index (Phi) is 9.82. The first kappa shape index (κ1) is 26.5. The lowest BCUT2D eigenvalue weighted by atomic mass is 9.99. The van der Waals surface area contributed by atoms with Crippen molar-refractivity contribution >= 4 is 17.4 Å². The second-order valence-electron chi connectivity index (χ2n) is 9.01. The third-order valence-electron chi connectivity index (χ3n) is 6.22. The zero-order valence-electron chi connectivity index (χ0n) is 21.3. The number of methoxy groups -OCH3 is 1. The van der Waals surface area contributed by atoms with Crippen LogP contribution in [0.1, 0.15) is 22.3 Å². The van der Waals surface area contributed by atoms with E-state index >= 15 is 0 Å². The Morgan fingerprint density at radius 3 is 2.38 bits per heavy atom. The van der Waals surface area contributed by atoms with Crippen LogP contribution in [0.15, 0.2) is 72.8 Å². The SMILES string of the molecule is COCCCOc1ccc(C(=O)Cc2ccc(-c3ccccc3)cc2)cc1NC(=O)CN1CCOCC1. The summed E-state index contributed by atoms with van der Waals surface area (Å²) in [6.45, 7) is 3.97. The molecule has 7 heteroatoms. The van der Waals surface area contributed by atoms with E-state index < -0.39 is 0 Å². The number of nitrogens with zero attached hydrogens (tertiary/aromatic N) is 1. The van der Waals surface area contributed by atoms with Gasteiger partial charge < -0.3 is 19.5 Å². The number of rotatable bonds is 12. The van der Waals surface area contributed by atoms with Crippen LogP contribution in [-0.2, 0) is 20.7 Å². The van der Waals surface area contributed by atoms with Crippen molar-refractivity contribution in [2.24, 2.45) is 0 Å². The topological polar surface area (TPSA) is 77.1 Å². The van der Waals surface area contributed by atoms with Gasteiger partial charge >= 0.3 is 0 Å². The zero-order chi connectivity index (χ0) is 25.9. The number of hydrogen-bond donors (Lipinski definition) is 1. The quantitative estimate of drug-likeness (QED) is 0.291. The number of amides is 1. The van der Waals surface area contributed by atoms with Crippen molar-refractivity contribution in [1.82, 2.24) is 4.90 Å². The molecule has 0 aliphatic carbocycles. The molecule has 1 saturated heterocycles. The molecular weight excluding hydrogens is 468 g/mol. The molecule has 1 aliphatic heterocycles. The third kappa shape index (κ3) is 7.98. The van der Waals surface area contributed by atoms with Gasteiger partial charge in [0.1, 0.15) is 5.75 Å². The number of Topliss-reactive ketones (excluding diaryl/α,β-unsaturated/α-hetero) is 1. The van der Waals surface area contributed by atoms with Crippen molar-refractivity contribution in [3.05, 3.63) is 83.9 Å². The highest BCUT2D eigenvalue weighted by Gasteiger charge is 2.17. The second-order valence-corrected chi connectivity index (χ2v) is 9.01. The summed E-state index contributed by atoms with van der Waals surface area (Å²) in [6.07, 6.45) is 0.988. The Morgan fingerprint density at radius 1 is 0.919 bits per heavy atom. The van der Waals surface area contributed by atoms with Gasteiger partial charge in [0.15, 0.2) is 5.78 Å². The largest absolute Gasteiger partial charge is 0.491 e. The van der Waals surface area contributed by atoms with Crippen LogP contribution in [0, 0.1) is 0 Å². The fourth-order valence-electron chi connectivity index (χ4n) is 4.20. The van der Waals surface area contributed by atoms with Crippen LogP contribution in [0.3, 0.4) is 0 Å². The molecule has 3 aromatic carbocycles. The third-order valence-corrected chi connectivity index (χ3v) is 6.22. The molecule has 0 radical (unpaired) electrons. The zero-order valence-corrected chi connectivity index (χ0v) is 21.3. The first-order valence-corrected chi connectivity index (χ1v) is 12.7. The Morgan fingerprint density at radius 2 is 1.65 bits per heavy atom. The first-order valence-electron chi connectivity index (χ1n) is 12.7. The van der Waals surface area contributed by atoms with Crippen molar-refractivity contribution < 1.29 is 23.8 Å². The smallest absolute Gasteiger partial charge is 0.238 e. The van der Waals surface area contributed by atoms with Gasteiger partial charge in [-0.1, -0.05) is 54.6 Å². The van der Waals surface area contributed by atoms with E-state index in [1.807, 2.05) is 47.4 Å². The molecule has 0 bridgehead atoms. The van der Waals surface area contributed by atoms with Crippen molar-refractivity contribution in [2.75, 3.05) is 58.5 Å². The molecule has 3 aromatic rings. The molecule has 1 fully saturated rings. The lowest BCUT2D eigenvalue weighted by molar-refractivity contribution is -0.118. The van der Waals surface area contributed by atoms with Crippen molar-refractivity contribution in [3.63, 3.8) is 0 Å².